The summed E-state index contributed by atoms with van der Waals surface area (Å²) in [5.74, 6) is 0.680. The molecule has 4 rings (SSSR count). The summed E-state index contributed by atoms with van der Waals surface area (Å²) in [7, 11) is 0. The molecule has 1 amide bonds. The van der Waals surface area contributed by atoms with E-state index in [0.717, 1.165) is 31.4 Å². The van der Waals surface area contributed by atoms with E-state index in [1.807, 2.05) is 18.2 Å². The van der Waals surface area contributed by atoms with E-state index in [0.29, 0.717) is 12.3 Å². The third-order valence-corrected chi connectivity index (χ3v) is 6.74. The second kappa shape index (κ2) is 11.7. The summed E-state index contributed by atoms with van der Waals surface area (Å²) < 4.78 is 0. The number of unbranched alkanes of at least 4 members (excludes halogenated alkanes) is 1. The van der Waals surface area contributed by atoms with E-state index in [9.17, 15) is 4.79 Å². The Hall–Kier alpha value is -3.13. The second-order valence-corrected chi connectivity index (χ2v) is 9.23. The Morgan fingerprint density at radius 2 is 1.48 bits per heavy atom. The molecule has 3 aromatic carbocycles. The number of carbonyl (C=O) groups excluding carboxylic acids is 1. The Morgan fingerprint density at radius 1 is 0.879 bits per heavy atom. The highest BCUT2D eigenvalue weighted by Crippen LogP contribution is 2.34. The molecule has 2 heteroatoms. The van der Waals surface area contributed by atoms with Crippen molar-refractivity contribution in [3.8, 4) is 0 Å². The molecule has 0 N–H and O–H groups in total. The number of nitrogens with zero attached hydrogens (tertiary/aromatic N) is 1. The van der Waals surface area contributed by atoms with Gasteiger partial charge in [0.25, 0.3) is 0 Å². The first-order valence-corrected chi connectivity index (χ1v) is 12.4. The number of likely N-dealkylation sites (tertiary alicyclic amines) is 1. The summed E-state index contributed by atoms with van der Waals surface area (Å²) in [6.07, 6.45) is 8.22. The smallest absolute Gasteiger partial charge is 0.227 e. The van der Waals surface area contributed by atoms with Crippen molar-refractivity contribution in [2.45, 2.75) is 51.5 Å². The third kappa shape index (κ3) is 6.44. The normalized spacial score (nSPS) is 19.5. The standard InChI is InChI=1S/C31H35NO/c1-2-3-19-28-24-32(31(33)22-27-17-11-6-12-18-27)30(21-26-15-9-5-10-16-26)23-29(28)20-25-13-7-4-8-14-25/h4-18,20,28,30H,2-3,19,21-24H2,1H3/t28-,30+/m1/s1. The van der Waals surface area contributed by atoms with Gasteiger partial charge in [0.2, 0.25) is 5.91 Å². The summed E-state index contributed by atoms with van der Waals surface area (Å²) in [6, 6.07) is 31.6. The zero-order valence-corrected chi connectivity index (χ0v) is 19.7. The monoisotopic (exact) mass is 437 g/mol. The molecule has 1 fully saturated rings. The minimum absolute atomic E-state index is 0.191. The molecule has 1 heterocycles. The maximum Gasteiger partial charge on any atom is 0.227 e. The highest BCUT2D eigenvalue weighted by molar-refractivity contribution is 5.79. The zero-order valence-electron chi connectivity index (χ0n) is 19.7. The van der Waals surface area contributed by atoms with E-state index in [-0.39, 0.29) is 11.9 Å². The fourth-order valence-corrected chi connectivity index (χ4v) is 4.97. The summed E-state index contributed by atoms with van der Waals surface area (Å²) in [5, 5.41) is 0. The van der Waals surface area contributed by atoms with Crippen LogP contribution in [0.15, 0.2) is 96.6 Å². The molecular weight excluding hydrogens is 402 g/mol. The molecule has 1 aliphatic heterocycles. The van der Waals surface area contributed by atoms with Crippen LogP contribution < -0.4 is 0 Å². The molecule has 3 aromatic rings. The van der Waals surface area contributed by atoms with Crippen molar-refractivity contribution in [3.63, 3.8) is 0 Å². The van der Waals surface area contributed by atoms with E-state index in [1.54, 1.807) is 0 Å². The Morgan fingerprint density at radius 3 is 2.12 bits per heavy atom. The fraction of sp³-hybridized carbons (Fsp3) is 0.323. The van der Waals surface area contributed by atoms with Crippen LogP contribution in [0.5, 0.6) is 0 Å². The predicted molar refractivity (Wildman–Crippen MR) is 138 cm³/mol. The van der Waals surface area contributed by atoms with Crippen molar-refractivity contribution in [1.82, 2.24) is 4.90 Å². The van der Waals surface area contributed by atoms with Crippen LogP contribution >= 0.6 is 0 Å². The van der Waals surface area contributed by atoms with Gasteiger partial charge in [-0.05, 0) is 41.9 Å². The van der Waals surface area contributed by atoms with Crippen molar-refractivity contribution in [2.24, 2.45) is 5.92 Å². The van der Waals surface area contributed by atoms with Crippen LogP contribution in [0.25, 0.3) is 6.08 Å². The van der Waals surface area contributed by atoms with Crippen LogP contribution in [0.1, 0.15) is 49.3 Å². The van der Waals surface area contributed by atoms with Gasteiger partial charge >= 0.3 is 0 Å². The van der Waals surface area contributed by atoms with E-state index in [4.69, 9.17) is 0 Å². The molecule has 0 unspecified atom stereocenters. The van der Waals surface area contributed by atoms with Crippen LogP contribution in [-0.2, 0) is 17.6 Å². The number of hydrogen-bond acceptors (Lipinski definition) is 1. The predicted octanol–water partition coefficient (Wildman–Crippen LogP) is 6.96. The fourth-order valence-electron chi connectivity index (χ4n) is 4.97. The quantitative estimate of drug-likeness (QED) is 0.373. The Bertz CT molecular complexity index is 1030. The first-order chi connectivity index (χ1) is 16.2. The van der Waals surface area contributed by atoms with Crippen LogP contribution in [0.4, 0.5) is 0 Å². The van der Waals surface area contributed by atoms with E-state index >= 15 is 0 Å². The van der Waals surface area contributed by atoms with Crippen molar-refractivity contribution < 1.29 is 4.79 Å². The van der Waals surface area contributed by atoms with Gasteiger partial charge in [-0.1, -0.05) is 122 Å². The number of piperidine rings is 1. The first kappa shape index (κ1) is 23.0. The lowest BCUT2D eigenvalue weighted by molar-refractivity contribution is -0.134. The number of hydrogen-bond donors (Lipinski definition) is 0. The molecule has 2 nitrogen and oxygen atoms in total. The van der Waals surface area contributed by atoms with Crippen LogP contribution in [-0.4, -0.2) is 23.4 Å². The maximum absolute atomic E-state index is 13.6. The minimum Gasteiger partial charge on any atom is -0.338 e. The van der Waals surface area contributed by atoms with Gasteiger partial charge in [0, 0.05) is 12.6 Å². The molecule has 0 radical (unpaired) electrons. The van der Waals surface area contributed by atoms with Crippen molar-refractivity contribution in [1.29, 1.82) is 0 Å². The average molecular weight is 438 g/mol. The highest BCUT2D eigenvalue weighted by Gasteiger charge is 2.34. The van der Waals surface area contributed by atoms with Gasteiger partial charge in [0.05, 0.1) is 6.42 Å². The van der Waals surface area contributed by atoms with E-state index in [2.05, 4.69) is 90.7 Å². The lowest BCUT2D eigenvalue weighted by atomic mass is 9.81. The molecule has 0 saturated carbocycles. The molecule has 170 valence electrons. The van der Waals surface area contributed by atoms with Crippen molar-refractivity contribution in [2.75, 3.05) is 6.54 Å². The molecule has 0 aliphatic carbocycles. The van der Waals surface area contributed by atoms with Crippen molar-refractivity contribution >= 4 is 12.0 Å². The lowest BCUT2D eigenvalue weighted by Crippen LogP contribution is -2.49. The summed E-state index contributed by atoms with van der Waals surface area (Å²) in [4.78, 5) is 15.8. The Labute approximate surface area is 199 Å². The molecule has 0 spiro atoms. The SMILES string of the molecule is CCCC[C@@H]1CN(C(=O)Cc2ccccc2)[C@@H](Cc2ccccc2)CC1=Cc1ccccc1. The molecule has 0 aromatic heterocycles. The van der Waals surface area contributed by atoms with Crippen LogP contribution in [0.3, 0.4) is 0 Å². The highest BCUT2D eigenvalue weighted by atomic mass is 16.2. The Balaban J connectivity index is 1.62. The van der Waals surface area contributed by atoms with E-state index in [1.165, 1.54) is 29.5 Å². The summed E-state index contributed by atoms with van der Waals surface area (Å²) >= 11 is 0. The van der Waals surface area contributed by atoms with Gasteiger partial charge < -0.3 is 4.90 Å². The zero-order chi connectivity index (χ0) is 22.9. The van der Waals surface area contributed by atoms with Gasteiger partial charge in [0.15, 0.2) is 0 Å². The van der Waals surface area contributed by atoms with Crippen molar-refractivity contribution in [3.05, 3.63) is 113 Å². The second-order valence-electron chi connectivity index (χ2n) is 9.23. The number of amides is 1. The summed E-state index contributed by atoms with van der Waals surface area (Å²) in [6.45, 7) is 3.07. The summed E-state index contributed by atoms with van der Waals surface area (Å²) in [5.41, 5.74) is 5.15. The largest absolute Gasteiger partial charge is 0.338 e. The van der Waals surface area contributed by atoms with Gasteiger partial charge in [0.1, 0.15) is 0 Å². The topological polar surface area (TPSA) is 20.3 Å². The molecule has 1 aliphatic rings. The minimum atomic E-state index is 0.191. The van der Waals surface area contributed by atoms with Gasteiger partial charge in [-0.3, -0.25) is 4.79 Å². The molecular formula is C31H35NO. The maximum atomic E-state index is 13.6. The molecule has 0 bridgehead atoms. The van der Waals surface area contributed by atoms with Crippen LogP contribution in [0, 0.1) is 5.92 Å². The average Bonchev–Trinajstić information content (AvgIpc) is 2.85. The molecule has 1 saturated heterocycles. The third-order valence-electron chi connectivity index (χ3n) is 6.74. The van der Waals surface area contributed by atoms with Gasteiger partial charge in [-0.25, -0.2) is 0 Å². The molecule has 33 heavy (non-hydrogen) atoms. The van der Waals surface area contributed by atoms with Gasteiger partial charge in [-0.15, -0.1) is 0 Å². The molecule has 2 atom stereocenters. The Kier molecular flexibility index (Phi) is 8.14. The number of carbonyl (C=O) groups is 1. The number of rotatable bonds is 8. The van der Waals surface area contributed by atoms with E-state index < -0.39 is 0 Å². The van der Waals surface area contributed by atoms with Gasteiger partial charge in [-0.2, -0.15) is 0 Å². The number of benzene rings is 3. The lowest BCUT2D eigenvalue weighted by Gasteiger charge is -2.42. The van der Waals surface area contributed by atoms with Crippen LogP contribution in [0.2, 0.25) is 0 Å². The first-order valence-electron chi connectivity index (χ1n) is 12.4.